The second-order valence-electron chi connectivity index (χ2n) is 5.02. The van der Waals surface area contributed by atoms with E-state index in [1.807, 2.05) is 6.07 Å². The maximum Gasteiger partial charge on any atom is 0.338 e. The SMILES string of the molecule is C=CCOC(=O)c1cccc(-c2ccc(C=C3SC(=S)NC3=O)o2)c1. The molecule has 5 nitrogen and oxygen atoms in total. The molecule has 0 spiro atoms. The lowest BCUT2D eigenvalue weighted by Gasteiger charge is -2.03. The number of esters is 1. The molecule has 1 aliphatic heterocycles. The molecule has 1 fully saturated rings. The van der Waals surface area contributed by atoms with Crippen LogP contribution in [0, 0.1) is 0 Å². The van der Waals surface area contributed by atoms with Gasteiger partial charge in [-0.05, 0) is 24.3 Å². The third-order valence-corrected chi connectivity index (χ3v) is 4.42. The van der Waals surface area contributed by atoms with E-state index in [1.54, 1.807) is 36.4 Å². The summed E-state index contributed by atoms with van der Waals surface area (Å²) < 4.78 is 11.2. The molecule has 126 valence electrons. The van der Waals surface area contributed by atoms with Crippen molar-refractivity contribution in [2.45, 2.75) is 0 Å². The van der Waals surface area contributed by atoms with Gasteiger partial charge in [0.05, 0.1) is 10.5 Å². The van der Waals surface area contributed by atoms with Crippen LogP contribution in [-0.4, -0.2) is 22.8 Å². The molecule has 0 radical (unpaired) electrons. The Labute approximate surface area is 153 Å². The summed E-state index contributed by atoms with van der Waals surface area (Å²) in [6.45, 7) is 3.67. The van der Waals surface area contributed by atoms with Gasteiger partial charge in [-0.15, -0.1) is 0 Å². The van der Waals surface area contributed by atoms with E-state index in [9.17, 15) is 9.59 Å². The quantitative estimate of drug-likeness (QED) is 0.373. The molecule has 1 N–H and O–H groups in total. The first-order valence-corrected chi connectivity index (χ1v) is 8.52. The van der Waals surface area contributed by atoms with Gasteiger partial charge < -0.3 is 14.5 Å². The fourth-order valence-corrected chi connectivity index (χ4v) is 3.18. The predicted molar refractivity (Wildman–Crippen MR) is 101 cm³/mol. The van der Waals surface area contributed by atoms with E-state index >= 15 is 0 Å². The van der Waals surface area contributed by atoms with E-state index in [2.05, 4.69) is 11.9 Å². The Kier molecular flexibility index (Phi) is 5.16. The molecule has 0 saturated carbocycles. The van der Waals surface area contributed by atoms with Crippen molar-refractivity contribution in [3.63, 3.8) is 0 Å². The van der Waals surface area contributed by atoms with Crippen molar-refractivity contribution in [1.82, 2.24) is 5.32 Å². The number of carbonyl (C=O) groups excluding carboxylic acids is 2. The monoisotopic (exact) mass is 371 g/mol. The maximum atomic E-state index is 11.9. The number of nitrogens with one attached hydrogen (secondary N) is 1. The number of furan rings is 1. The predicted octanol–water partition coefficient (Wildman–Crippen LogP) is 3.78. The van der Waals surface area contributed by atoms with E-state index in [0.717, 1.165) is 5.56 Å². The van der Waals surface area contributed by atoms with Gasteiger partial charge in [0, 0.05) is 11.6 Å². The molecule has 1 aromatic heterocycles. The lowest BCUT2D eigenvalue weighted by molar-refractivity contribution is -0.115. The molecule has 0 aliphatic carbocycles. The van der Waals surface area contributed by atoms with Gasteiger partial charge in [0.15, 0.2) is 0 Å². The van der Waals surface area contributed by atoms with Crippen LogP contribution >= 0.6 is 24.0 Å². The number of thioether (sulfide) groups is 1. The fraction of sp³-hybridized carbons (Fsp3) is 0.0556. The van der Waals surface area contributed by atoms with Gasteiger partial charge in [-0.2, -0.15) is 0 Å². The first-order chi connectivity index (χ1) is 12.1. The van der Waals surface area contributed by atoms with Gasteiger partial charge in [-0.25, -0.2) is 4.79 Å². The van der Waals surface area contributed by atoms with Crippen molar-refractivity contribution in [1.29, 1.82) is 0 Å². The van der Waals surface area contributed by atoms with Crippen LogP contribution in [0.5, 0.6) is 0 Å². The van der Waals surface area contributed by atoms with Crippen molar-refractivity contribution in [3.8, 4) is 11.3 Å². The van der Waals surface area contributed by atoms with Crippen LogP contribution in [0.25, 0.3) is 17.4 Å². The van der Waals surface area contributed by atoms with E-state index in [4.69, 9.17) is 21.4 Å². The molecule has 0 bridgehead atoms. The molecule has 3 rings (SSSR count). The summed E-state index contributed by atoms with van der Waals surface area (Å²) in [5, 5.41) is 2.55. The highest BCUT2D eigenvalue weighted by Gasteiger charge is 2.22. The molecule has 2 aromatic rings. The van der Waals surface area contributed by atoms with Crippen molar-refractivity contribution >= 4 is 46.3 Å². The Morgan fingerprint density at radius 2 is 2.20 bits per heavy atom. The molecule has 1 aliphatic rings. The molecular formula is C18H13NO4S2. The smallest absolute Gasteiger partial charge is 0.338 e. The number of carbonyl (C=O) groups is 2. The summed E-state index contributed by atoms with van der Waals surface area (Å²) in [5.41, 5.74) is 1.16. The largest absolute Gasteiger partial charge is 0.458 e. The van der Waals surface area contributed by atoms with Crippen molar-refractivity contribution in [3.05, 3.63) is 65.3 Å². The van der Waals surface area contributed by atoms with Crippen LogP contribution in [0.3, 0.4) is 0 Å². The molecule has 1 saturated heterocycles. The first-order valence-electron chi connectivity index (χ1n) is 7.30. The minimum Gasteiger partial charge on any atom is -0.458 e. The Balaban J connectivity index is 1.82. The van der Waals surface area contributed by atoms with Crippen LogP contribution in [0.2, 0.25) is 0 Å². The molecule has 0 unspecified atom stereocenters. The average Bonchev–Trinajstić information content (AvgIpc) is 3.19. The van der Waals surface area contributed by atoms with Crippen LogP contribution < -0.4 is 5.32 Å². The van der Waals surface area contributed by atoms with E-state index in [-0.39, 0.29) is 12.5 Å². The lowest BCUT2D eigenvalue weighted by atomic mass is 10.1. The number of rotatable bonds is 5. The molecule has 1 aromatic carbocycles. The summed E-state index contributed by atoms with van der Waals surface area (Å²) in [6.07, 6.45) is 3.14. The Morgan fingerprint density at radius 3 is 2.92 bits per heavy atom. The van der Waals surface area contributed by atoms with Crippen molar-refractivity contribution in [2.24, 2.45) is 0 Å². The minimum atomic E-state index is -0.428. The number of amides is 1. The molecule has 25 heavy (non-hydrogen) atoms. The van der Waals surface area contributed by atoms with Gasteiger partial charge in [0.1, 0.15) is 22.4 Å². The second kappa shape index (κ2) is 7.50. The zero-order valence-electron chi connectivity index (χ0n) is 13.0. The van der Waals surface area contributed by atoms with Crippen LogP contribution in [0.15, 0.2) is 58.4 Å². The molecular weight excluding hydrogens is 358 g/mol. The van der Waals surface area contributed by atoms with Crippen LogP contribution in [0.4, 0.5) is 0 Å². The average molecular weight is 371 g/mol. The standard InChI is InChI=1S/C18H13NO4S2/c1-2-8-22-17(21)12-5-3-4-11(9-12)14-7-6-13(23-14)10-15-16(20)19-18(24)25-15/h2-7,9-10H,1,8H2,(H,19,20,24). The Bertz CT molecular complexity index is 898. The molecule has 1 amide bonds. The third kappa shape index (κ3) is 4.07. The summed E-state index contributed by atoms with van der Waals surface area (Å²) in [6, 6.07) is 10.5. The summed E-state index contributed by atoms with van der Waals surface area (Å²) >= 11 is 6.14. The highest BCUT2D eigenvalue weighted by molar-refractivity contribution is 8.26. The first kappa shape index (κ1) is 17.2. The van der Waals surface area contributed by atoms with Gasteiger partial charge in [0.25, 0.3) is 5.91 Å². The van der Waals surface area contributed by atoms with Crippen LogP contribution in [-0.2, 0) is 9.53 Å². The summed E-state index contributed by atoms with van der Waals surface area (Å²) in [4.78, 5) is 24.1. The maximum absolute atomic E-state index is 11.9. The second-order valence-corrected chi connectivity index (χ2v) is 6.74. The highest BCUT2D eigenvalue weighted by Crippen LogP contribution is 2.29. The number of ether oxygens (including phenoxy) is 1. The minimum absolute atomic E-state index is 0.156. The zero-order valence-corrected chi connectivity index (χ0v) is 14.6. The molecule has 2 heterocycles. The van der Waals surface area contributed by atoms with Gasteiger partial charge in [0.2, 0.25) is 0 Å². The molecule has 7 heteroatoms. The lowest BCUT2D eigenvalue weighted by Crippen LogP contribution is -2.17. The van der Waals surface area contributed by atoms with Gasteiger partial charge in [-0.3, -0.25) is 4.79 Å². The van der Waals surface area contributed by atoms with E-state index in [1.165, 1.54) is 17.8 Å². The third-order valence-electron chi connectivity index (χ3n) is 3.26. The Hall–Kier alpha value is -2.64. The van der Waals surface area contributed by atoms with Crippen LogP contribution in [0.1, 0.15) is 16.1 Å². The van der Waals surface area contributed by atoms with E-state index in [0.29, 0.717) is 26.3 Å². The van der Waals surface area contributed by atoms with E-state index < -0.39 is 5.97 Å². The Morgan fingerprint density at radius 1 is 1.36 bits per heavy atom. The fourth-order valence-electron chi connectivity index (χ4n) is 2.15. The number of thiocarbonyl (C=S) groups is 1. The van der Waals surface area contributed by atoms with Crippen molar-refractivity contribution < 1.29 is 18.7 Å². The summed E-state index contributed by atoms with van der Waals surface area (Å²) in [5.74, 6) is 0.441. The zero-order chi connectivity index (χ0) is 17.8. The number of hydrogen-bond acceptors (Lipinski definition) is 6. The van der Waals surface area contributed by atoms with Crippen molar-refractivity contribution in [2.75, 3.05) is 6.61 Å². The normalized spacial score (nSPS) is 15.3. The number of hydrogen-bond donors (Lipinski definition) is 1. The topological polar surface area (TPSA) is 68.5 Å². The van der Waals surface area contributed by atoms with Gasteiger partial charge in [-0.1, -0.05) is 48.8 Å². The molecule has 0 atom stereocenters. The number of benzene rings is 1. The summed E-state index contributed by atoms with van der Waals surface area (Å²) in [7, 11) is 0. The van der Waals surface area contributed by atoms with Gasteiger partial charge >= 0.3 is 5.97 Å². The highest BCUT2D eigenvalue weighted by atomic mass is 32.2.